The van der Waals surface area contributed by atoms with Gasteiger partial charge >= 0.3 is 0 Å². The van der Waals surface area contributed by atoms with Crippen LogP contribution in [0, 0.1) is 0 Å². The van der Waals surface area contributed by atoms with Crippen LogP contribution in [0.2, 0.25) is 0 Å². The zero-order chi connectivity index (χ0) is 51.7. The van der Waals surface area contributed by atoms with E-state index in [1.54, 1.807) is 6.08 Å². The van der Waals surface area contributed by atoms with Crippen LogP contribution < -0.4 is 5.32 Å². The molecule has 0 aromatic heterocycles. The zero-order valence-electron chi connectivity index (χ0n) is 43.2. The molecule has 2 aliphatic rings. The fourth-order valence-electron chi connectivity index (χ4n) is 8.15. The van der Waals surface area contributed by atoms with E-state index in [-0.39, 0.29) is 18.9 Å². The predicted octanol–water partition coefficient (Wildman–Crippen LogP) is 7.93. The molecule has 0 aliphatic carbocycles. The van der Waals surface area contributed by atoms with Gasteiger partial charge in [-0.3, -0.25) is 4.79 Å². The summed E-state index contributed by atoms with van der Waals surface area (Å²) >= 11 is 0. The number of nitrogens with one attached hydrogen (secondary N) is 1. The van der Waals surface area contributed by atoms with Crippen LogP contribution >= 0.6 is 0 Å². The van der Waals surface area contributed by atoms with Gasteiger partial charge in [-0.1, -0.05) is 175 Å². The molecule has 0 radical (unpaired) electrons. The Morgan fingerprint density at radius 1 is 0.521 bits per heavy atom. The first-order valence-corrected chi connectivity index (χ1v) is 27.0. The van der Waals surface area contributed by atoms with Crippen LogP contribution in [0.1, 0.15) is 162 Å². The molecule has 0 bridgehead atoms. The van der Waals surface area contributed by atoms with Gasteiger partial charge in [-0.2, -0.15) is 0 Å². The standard InChI is InChI=1S/C57H95NO13/c1-3-5-7-9-11-13-14-15-16-17-18-19-20-21-22-23-24-25-26-27-28-29-30-31-32-33-35-37-39-41-49(62)58-45(46(61)40-38-36-34-12-10-8-6-4-2)44-68-56-54(67)52(65)55(48(43-60)70-56)71-57-53(66)51(64)50(63)47(42-59)69-57/h5,7,11,13,15-16,18-19,21-22,24-25,27-28,38,40,45-48,50-57,59-61,63-67H,3-4,6,8-10,12,14,17,20,23,26,29-37,39,41-44H2,1-2H3,(H,58,62)/b7-5-,13-11-,16-15-,19-18-,22-21-,25-24-,28-27-,40-38+. The van der Waals surface area contributed by atoms with Crippen LogP contribution in [-0.4, -0.2) is 140 Å². The lowest BCUT2D eigenvalue weighted by Gasteiger charge is -2.46. The fraction of sp³-hybridized carbons (Fsp3) is 0.702. The number of ether oxygens (including phenoxy) is 4. The van der Waals surface area contributed by atoms with Crippen LogP contribution in [0.3, 0.4) is 0 Å². The Hall–Kier alpha value is -3.09. The molecule has 2 saturated heterocycles. The van der Waals surface area contributed by atoms with Crippen molar-refractivity contribution in [2.75, 3.05) is 19.8 Å². The summed E-state index contributed by atoms with van der Waals surface area (Å²) in [6, 6.07) is -0.924. The lowest BCUT2D eigenvalue weighted by molar-refractivity contribution is -0.359. The van der Waals surface area contributed by atoms with E-state index in [4.69, 9.17) is 18.9 Å². The highest BCUT2D eigenvalue weighted by Crippen LogP contribution is 2.30. The second kappa shape index (κ2) is 42.3. The maximum Gasteiger partial charge on any atom is 0.220 e. The quantitative estimate of drug-likeness (QED) is 0.0210. The lowest BCUT2D eigenvalue weighted by atomic mass is 9.97. The van der Waals surface area contributed by atoms with Gasteiger partial charge in [0.25, 0.3) is 0 Å². The van der Waals surface area contributed by atoms with Crippen molar-refractivity contribution in [2.24, 2.45) is 0 Å². The summed E-state index contributed by atoms with van der Waals surface area (Å²) in [7, 11) is 0. The monoisotopic (exact) mass is 1000 g/mol. The molecule has 1 amide bonds. The maximum atomic E-state index is 13.2. The topological polar surface area (TPSA) is 228 Å². The van der Waals surface area contributed by atoms with E-state index in [1.165, 1.54) is 19.3 Å². The SMILES string of the molecule is CC/C=C\C/C=C\C/C=C\C/C=C\C/C=C\C/C=C\C/C=C\CCCCCCCCCC(=O)NC(COC1OC(CO)C(OC2OC(CO)C(O)C(O)C2O)C(O)C1O)C(O)/C=C/CCCCCCCC. The second-order valence-electron chi connectivity index (χ2n) is 18.6. The van der Waals surface area contributed by atoms with Crippen molar-refractivity contribution in [3.63, 3.8) is 0 Å². The normalized spacial score (nSPS) is 26.6. The molecule has 12 unspecified atom stereocenters. The predicted molar refractivity (Wildman–Crippen MR) is 281 cm³/mol. The summed E-state index contributed by atoms with van der Waals surface area (Å²) in [5.74, 6) is -0.260. The third kappa shape index (κ3) is 28.8. The summed E-state index contributed by atoms with van der Waals surface area (Å²) in [5, 5.41) is 86.6. The van der Waals surface area contributed by atoms with Crippen molar-refractivity contribution in [1.82, 2.24) is 5.32 Å². The summed E-state index contributed by atoms with van der Waals surface area (Å²) in [4.78, 5) is 13.2. The molecule has 0 spiro atoms. The molecule has 2 fully saturated rings. The highest BCUT2D eigenvalue weighted by molar-refractivity contribution is 5.76. The molecule has 0 aromatic rings. The van der Waals surface area contributed by atoms with Gasteiger partial charge in [-0.05, 0) is 77.0 Å². The number of amides is 1. The molecule has 0 saturated carbocycles. The van der Waals surface area contributed by atoms with Crippen molar-refractivity contribution in [3.8, 4) is 0 Å². The minimum Gasteiger partial charge on any atom is -0.394 e. The summed E-state index contributed by atoms with van der Waals surface area (Å²) < 4.78 is 22.6. The van der Waals surface area contributed by atoms with Crippen LogP contribution in [-0.2, 0) is 23.7 Å². The third-order valence-electron chi connectivity index (χ3n) is 12.5. The van der Waals surface area contributed by atoms with Gasteiger partial charge in [0.15, 0.2) is 12.6 Å². The van der Waals surface area contributed by atoms with Gasteiger partial charge in [0.1, 0.15) is 48.8 Å². The second-order valence-corrected chi connectivity index (χ2v) is 18.6. The van der Waals surface area contributed by atoms with Crippen molar-refractivity contribution in [1.29, 1.82) is 0 Å². The Morgan fingerprint density at radius 2 is 0.972 bits per heavy atom. The zero-order valence-corrected chi connectivity index (χ0v) is 43.2. The number of unbranched alkanes of at least 4 members (excludes halogenated alkanes) is 13. The van der Waals surface area contributed by atoms with Gasteiger partial charge in [-0.25, -0.2) is 0 Å². The average molecular weight is 1000 g/mol. The van der Waals surface area contributed by atoms with Gasteiger partial charge in [-0.15, -0.1) is 0 Å². The summed E-state index contributed by atoms with van der Waals surface area (Å²) in [5.41, 5.74) is 0. The summed E-state index contributed by atoms with van der Waals surface area (Å²) in [6.07, 6.45) is 40.4. The largest absolute Gasteiger partial charge is 0.394 e. The van der Waals surface area contributed by atoms with Crippen molar-refractivity contribution < 1.29 is 64.6 Å². The Labute approximate surface area is 426 Å². The Bertz CT molecular complexity index is 1560. The van der Waals surface area contributed by atoms with E-state index < -0.39 is 86.8 Å². The number of allylic oxidation sites excluding steroid dienone is 15. The Balaban J connectivity index is 1.70. The summed E-state index contributed by atoms with van der Waals surface area (Å²) in [6.45, 7) is 2.59. The number of aliphatic hydroxyl groups is 8. The van der Waals surface area contributed by atoms with Gasteiger partial charge < -0.3 is 65.1 Å². The molecule has 12 atom stereocenters. The van der Waals surface area contributed by atoms with Crippen LogP contribution in [0.4, 0.5) is 0 Å². The molecule has 2 rings (SSSR count). The number of aliphatic hydroxyl groups excluding tert-OH is 8. The van der Waals surface area contributed by atoms with Gasteiger partial charge in [0, 0.05) is 6.42 Å². The maximum absolute atomic E-state index is 13.2. The van der Waals surface area contributed by atoms with Crippen LogP contribution in [0.15, 0.2) is 97.2 Å². The van der Waals surface area contributed by atoms with Gasteiger partial charge in [0.2, 0.25) is 5.91 Å². The molecular weight excluding hydrogens is 907 g/mol. The highest BCUT2D eigenvalue weighted by Gasteiger charge is 2.51. The molecule has 14 heteroatoms. The van der Waals surface area contributed by atoms with Crippen LogP contribution in [0.5, 0.6) is 0 Å². The highest BCUT2D eigenvalue weighted by atomic mass is 16.7. The first-order chi connectivity index (χ1) is 34.6. The fourth-order valence-corrected chi connectivity index (χ4v) is 8.15. The molecule has 71 heavy (non-hydrogen) atoms. The number of hydrogen-bond acceptors (Lipinski definition) is 13. The van der Waals surface area contributed by atoms with Gasteiger partial charge in [0.05, 0.1) is 32.0 Å². The molecule has 9 N–H and O–H groups in total. The molecule has 406 valence electrons. The Kier molecular flexibility index (Phi) is 38.1. The number of carbonyl (C=O) groups excluding carboxylic acids is 1. The van der Waals surface area contributed by atoms with E-state index in [0.717, 1.165) is 116 Å². The van der Waals surface area contributed by atoms with Crippen molar-refractivity contribution >= 4 is 5.91 Å². The molecular formula is C57H95NO13. The van der Waals surface area contributed by atoms with Crippen molar-refractivity contribution in [3.05, 3.63) is 97.2 Å². The number of hydrogen-bond donors (Lipinski definition) is 9. The molecule has 2 aliphatic heterocycles. The molecule has 0 aromatic carbocycles. The minimum absolute atomic E-state index is 0.260. The minimum atomic E-state index is -1.79. The van der Waals surface area contributed by atoms with E-state index in [0.29, 0.717) is 6.42 Å². The first kappa shape index (κ1) is 64.0. The van der Waals surface area contributed by atoms with Crippen molar-refractivity contribution in [2.45, 2.75) is 235 Å². The molecule has 2 heterocycles. The van der Waals surface area contributed by atoms with E-state index in [9.17, 15) is 45.6 Å². The van der Waals surface area contributed by atoms with E-state index >= 15 is 0 Å². The van der Waals surface area contributed by atoms with E-state index in [2.05, 4.69) is 104 Å². The third-order valence-corrected chi connectivity index (χ3v) is 12.5. The first-order valence-electron chi connectivity index (χ1n) is 27.0. The smallest absolute Gasteiger partial charge is 0.220 e. The lowest BCUT2D eigenvalue weighted by Crippen LogP contribution is -2.65. The molecule has 14 nitrogen and oxygen atoms in total. The number of rotatable bonds is 40. The average Bonchev–Trinajstić information content (AvgIpc) is 3.37. The number of carbonyl (C=O) groups is 1. The van der Waals surface area contributed by atoms with E-state index in [1.807, 2.05) is 6.08 Å². The Morgan fingerprint density at radius 3 is 1.49 bits per heavy atom. The van der Waals surface area contributed by atoms with Crippen LogP contribution in [0.25, 0.3) is 0 Å².